The number of hydrogen-bond acceptors (Lipinski definition) is 4. The van der Waals surface area contributed by atoms with Gasteiger partial charge >= 0.3 is 5.97 Å². The fraction of sp³-hybridized carbons (Fsp3) is 0.500. The first kappa shape index (κ1) is 18.7. The predicted molar refractivity (Wildman–Crippen MR) is 108 cm³/mol. The molecule has 4 rings (SSSR count). The molecular formula is C22H27N3O3. The lowest BCUT2D eigenvalue weighted by Crippen LogP contribution is -2.22. The first-order chi connectivity index (χ1) is 13.5. The van der Waals surface area contributed by atoms with Crippen molar-refractivity contribution in [1.82, 2.24) is 9.99 Å². The van der Waals surface area contributed by atoms with E-state index in [-0.39, 0.29) is 29.8 Å². The standard InChI is InChI=1S/C22H27N3O3/c1-3-28-19(26)14-25-13-15(16-8-4-5-10-18(16)25)12-23-24-21(27)20-17-9-6-7-11-22(17,20)2/h4-5,8,10,12-13,17,20H,3,6-7,9,11,14H2,1-2H3,(H,24,27)/b23-12-/t17-,20-,22-/m0/s1. The van der Waals surface area contributed by atoms with E-state index in [1.807, 2.05) is 35.0 Å². The minimum atomic E-state index is -0.273. The number of benzene rings is 1. The lowest BCUT2D eigenvalue weighted by Gasteiger charge is -2.15. The van der Waals surface area contributed by atoms with Crippen molar-refractivity contribution in [3.05, 3.63) is 36.0 Å². The Kier molecular flexibility index (Phi) is 4.96. The molecule has 28 heavy (non-hydrogen) atoms. The number of nitrogens with zero attached hydrogens (tertiary/aromatic N) is 2. The quantitative estimate of drug-likeness (QED) is 0.473. The summed E-state index contributed by atoms with van der Waals surface area (Å²) < 4.78 is 6.91. The van der Waals surface area contributed by atoms with Gasteiger partial charge in [-0.2, -0.15) is 5.10 Å². The Balaban J connectivity index is 1.47. The molecule has 0 unspecified atom stereocenters. The van der Waals surface area contributed by atoms with Crippen LogP contribution in [-0.2, 0) is 20.9 Å². The SMILES string of the molecule is CCOC(=O)Cn1cc(/C=N\NC(=O)[C@@H]2[C@@H]3CCCC[C@]23C)c2ccccc21. The molecule has 6 nitrogen and oxygen atoms in total. The largest absolute Gasteiger partial charge is 0.465 e. The van der Waals surface area contributed by atoms with E-state index in [9.17, 15) is 9.59 Å². The summed E-state index contributed by atoms with van der Waals surface area (Å²) in [4.78, 5) is 24.4. The highest BCUT2D eigenvalue weighted by molar-refractivity contribution is 6.00. The van der Waals surface area contributed by atoms with Gasteiger partial charge in [0.15, 0.2) is 0 Å². The van der Waals surface area contributed by atoms with Crippen LogP contribution in [0.4, 0.5) is 0 Å². The molecule has 1 amide bonds. The summed E-state index contributed by atoms with van der Waals surface area (Å²) >= 11 is 0. The van der Waals surface area contributed by atoms with Gasteiger partial charge in [0.05, 0.1) is 12.8 Å². The monoisotopic (exact) mass is 381 g/mol. The van der Waals surface area contributed by atoms with Gasteiger partial charge < -0.3 is 9.30 Å². The summed E-state index contributed by atoms with van der Waals surface area (Å²) in [5.41, 5.74) is 4.71. The number of para-hydroxylation sites is 1. The molecule has 2 aromatic rings. The molecule has 2 saturated carbocycles. The van der Waals surface area contributed by atoms with Crippen LogP contribution in [0, 0.1) is 17.3 Å². The third kappa shape index (κ3) is 3.32. The molecule has 148 valence electrons. The number of nitrogens with one attached hydrogen (secondary N) is 1. The van der Waals surface area contributed by atoms with Crippen molar-refractivity contribution in [3.8, 4) is 0 Å². The molecule has 0 bridgehead atoms. The smallest absolute Gasteiger partial charge is 0.325 e. The second-order valence-corrected chi connectivity index (χ2v) is 8.10. The number of ether oxygens (including phenoxy) is 1. The van der Waals surface area contributed by atoms with Gasteiger partial charge in [-0.05, 0) is 37.2 Å². The summed E-state index contributed by atoms with van der Waals surface area (Å²) in [6.07, 6.45) is 8.28. The van der Waals surface area contributed by atoms with Gasteiger partial charge in [-0.25, -0.2) is 5.43 Å². The Morgan fingerprint density at radius 2 is 2.18 bits per heavy atom. The molecular weight excluding hydrogens is 354 g/mol. The zero-order valence-electron chi connectivity index (χ0n) is 16.5. The summed E-state index contributed by atoms with van der Waals surface area (Å²) in [6.45, 7) is 4.53. The number of carbonyl (C=O) groups is 2. The molecule has 0 saturated heterocycles. The lowest BCUT2D eigenvalue weighted by atomic mass is 9.90. The van der Waals surface area contributed by atoms with E-state index < -0.39 is 0 Å². The van der Waals surface area contributed by atoms with Crippen molar-refractivity contribution >= 4 is 29.0 Å². The van der Waals surface area contributed by atoms with Crippen LogP contribution in [0.25, 0.3) is 10.9 Å². The Bertz CT molecular complexity index is 932. The predicted octanol–water partition coefficient (Wildman–Crippen LogP) is 3.48. The van der Waals surface area contributed by atoms with Crippen LogP contribution in [0.3, 0.4) is 0 Å². The van der Waals surface area contributed by atoms with Gasteiger partial charge in [0.25, 0.3) is 0 Å². The van der Waals surface area contributed by atoms with Crippen LogP contribution in [0.1, 0.15) is 45.1 Å². The van der Waals surface area contributed by atoms with Crippen LogP contribution >= 0.6 is 0 Å². The Hall–Kier alpha value is -2.63. The topological polar surface area (TPSA) is 72.7 Å². The summed E-state index contributed by atoms with van der Waals surface area (Å²) in [7, 11) is 0. The van der Waals surface area contributed by atoms with Crippen LogP contribution in [-0.4, -0.2) is 29.3 Å². The van der Waals surface area contributed by atoms with E-state index in [0.29, 0.717) is 12.5 Å². The lowest BCUT2D eigenvalue weighted by molar-refractivity contribution is -0.143. The van der Waals surface area contributed by atoms with Gasteiger partial charge in [0.2, 0.25) is 5.91 Å². The number of hydrogen-bond donors (Lipinski definition) is 1. The van der Waals surface area contributed by atoms with Crippen molar-refractivity contribution in [2.45, 2.75) is 46.1 Å². The van der Waals surface area contributed by atoms with Gasteiger partial charge in [0.1, 0.15) is 6.54 Å². The second kappa shape index (κ2) is 7.41. The fourth-order valence-corrected chi connectivity index (χ4v) is 4.94. The number of esters is 1. The third-order valence-corrected chi connectivity index (χ3v) is 6.42. The Morgan fingerprint density at radius 1 is 1.36 bits per heavy atom. The number of amides is 1. The Labute approximate surface area is 164 Å². The maximum atomic E-state index is 12.6. The van der Waals surface area contributed by atoms with Gasteiger partial charge in [-0.1, -0.05) is 38.0 Å². The highest BCUT2D eigenvalue weighted by atomic mass is 16.5. The van der Waals surface area contributed by atoms with E-state index in [1.165, 1.54) is 12.8 Å². The highest BCUT2D eigenvalue weighted by Gasteiger charge is 2.64. The maximum absolute atomic E-state index is 12.6. The number of rotatable bonds is 6. The molecule has 1 aromatic carbocycles. The first-order valence-corrected chi connectivity index (χ1v) is 10.1. The second-order valence-electron chi connectivity index (χ2n) is 8.10. The fourth-order valence-electron chi connectivity index (χ4n) is 4.94. The molecule has 1 aromatic heterocycles. The van der Waals surface area contributed by atoms with Gasteiger partial charge in [-0.3, -0.25) is 9.59 Å². The van der Waals surface area contributed by atoms with E-state index in [4.69, 9.17) is 4.74 Å². The van der Waals surface area contributed by atoms with Crippen molar-refractivity contribution in [2.75, 3.05) is 6.61 Å². The average Bonchev–Trinajstić information content (AvgIpc) is 3.18. The van der Waals surface area contributed by atoms with E-state index >= 15 is 0 Å². The first-order valence-electron chi connectivity index (χ1n) is 10.1. The number of aromatic nitrogens is 1. The van der Waals surface area contributed by atoms with Crippen molar-refractivity contribution in [1.29, 1.82) is 0 Å². The van der Waals surface area contributed by atoms with Crippen LogP contribution in [0.15, 0.2) is 35.6 Å². The molecule has 2 aliphatic carbocycles. The minimum absolute atomic E-state index is 0.0286. The molecule has 0 spiro atoms. The van der Waals surface area contributed by atoms with Crippen LogP contribution in [0.5, 0.6) is 0 Å². The van der Waals surface area contributed by atoms with E-state index in [0.717, 1.165) is 29.3 Å². The van der Waals surface area contributed by atoms with Crippen molar-refractivity contribution in [3.63, 3.8) is 0 Å². The number of hydrazone groups is 1. The Morgan fingerprint density at radius 3 is 2.93 bits per heavy atom. The van der Waals surface area contributed by atoms with Crippen molar-refractivity contribution < 1.29 is 14.3 Å². The summed E-state index contributed by atoms with van der Waals surface area (Å²) in [6, 6.07) is 7.82. The zero-order valence-corrected chi connectivity index (χ0v) is 16.5. The average molecular weight is 381 g/mol. The van der Waals surface area contributed by atoms with E-state index in [2.05, 4.69) is 17.5 Å². The van der Waals surface area contributed by atoms with Crippen molar-refractivity contribution in [2.24, 2.45) is 22.4 Å². The molecule has 1 N–H and O–H groups in total. The van der Waals surface area contributed by atoms with Crippen LogP contribution < -0.4 is 5.43 Å². The minimum Gasteiger partial charge on any atom is -0.465 e. The molecule has 6 heteroatoms. The highest BCUT2D eigenvalue weighted by Crippen LogP contribution is 2.66. The molecule has 3 atom stereocenters. The third-order valence-electron chi connectivity index (χ3n) is 6.42. The molecule has 0 radical (unpaired) electrons. The molecule has 2 aliphatic rings. The van der Waals surface area contributed by atoms with E-state index in [1.54, 1.807) is 13.1 Å². The molecule has 2 fully saturated rings. The number of fused-ring (bicyclic) bond motifs is 2. The summed E-state index contributed by atoms with van der Waals surface area (Å²) in [5.74, 6) is 0.366. The zero-order chi connectivity index (χ0) is 19.7. The van der Waals surface area contributed by atoms with Gasteiger partial charge in [-0.15, -0.1) is 0 Å². The molecule has 0 aliphatic heterocycles. The summed E-state index contributed by atoms with van der Waals surface area (Å²) in [5, 5.41) is 5.20. The number of carbonyl (C=O) groups excluding carboxylic acids is 2. The normalized spacial score (nSPS) is 26.2. The van der Waals surface area contributed by atoms with Gasteiger partial charge in [0, 0.05) is 28.6 Å². The van der Waals surface area contributed by atoms with Crippen LogP contribution in [0.2, 0.25) is 0 Å². The molecule has 1 heterocycles. The maximum Gasteiger partial charge on any atom is 0.325 e.